The van der Waals surface area contributed by atoms with E-state index in [1.54, 1.807) is 24.0 Å². The molecule has 0 bridgehead atoms. The molecule has 3 heterocycles. The van der Waals surface area contributed by atoms with Crippen molar-refractivity contribution >= 4 is 46.2 Å². The summed E-state index contributed by atoms with van der Waals surface area (Å²) in [5.41, 5.74) is 0.699. The number of aromatic nitrogens is 1. The number of carbonyl (C=O) groups is 2. The number of urea groups is 1. The summed E-state index contributed by atoms with van der Waals surface area (Å²) in [5.74, 6) is 1.36. The van der Waals surface area contributed by atoms with Crippen LogP contribution in [-0.4, -0.2) is 38.9 Å². The number of hydrogen-bond donors (Lipinski definition) is 1. The minimum absolute atomic E-state index is 0.143. The fraction of sp³-hybridized carbons (Fsp3) is 0.312. The molecule has 2 aliphatic heterocycles. The highest BCUT2D eigenvalue weighted by atomic mass is 35.5. The number of thioether (sulfide) groups is 1. The monoisotopic (exact) mass is 347 g/mol. The molecule has 23 heavy (non-hydrogen) atoms. The number of hydrogen-bond acceptors (Lipinski definition) is 4. The Morgan fingerprint density at radius 2 is 2.22 bits per heavy atom. The van der Waals surface area contributed by atoms with Gasteiger partial charge in [-0.3, -0.25) is 14.7 Å². The molecule has 1 atom stereocenters. The molecule has 1 aromatic carbocycles. The van der Waals surface area contributed by atoms with Crippen LogP contribution in [0.25, 0.3) is 10.9 Å². The SMILES string of the molecule is O=C1N[C@]2(CCSC2)C(=O)N1Cc1c(Cl)ccc2cccnc12. The molecule has 2 fully saturated rings. The number of imide groups is 1. The van der Waals surface area contributed by atoms with Crippen molar-refractivity contribution in [2.45, 2.75) is 18.5 Å². The Hall–Kier alpha value is -1.79. The first-order valence-electron chi connectivity index (χ1n) is 7.35. The molecule has 2 aliphatic rings. The maximum atomic E-state index is 12.8. The molecule has 1 N–H and O–H groups in total. The summed E-state index contributed by atoms with van der Waals surface area (Å²) in [4.78, 5) is 30.7. The van der Waals surface area contributed by atoms with Crippen molar-refractivity contribution < 1.29 is 9.59 Å². The summed E-state index contributed by atoms with van der Waals surface area (Å²) in [5, 5.41) is 4.32. The number of carbonyl (C=O) groups excluding carboxylic acids is 2. The van der Waals surface area contributed by atoms with E-state index in [4.69, 9.17) is 11.6 Å². The lowest BCUT2D eigenvalue weighted by Gasteiger charge is -2.20. The van der Waals surface area contributed by atoms with Gasteiger partial charge in [0.15, 0.2) is 0 Å². The molecule has 1 aromatic heterocycles. The second kappa shape index (κ2) is 5.39. The fourth-order valence-corrected chi connectivity index (χ4v) is 4.68. The Morgan fingerprint density at radius 1 is 1.35 bits per heavy atom. The van der Waals surface area contributed by atoms with Gasteiger partial charge in [0.25, 0.3) is 5.91 Å². The van der Waals surface area contributed by atoms with Crippen molar-refractivity contribution in [1.29, 1.82) is 0 Å². The van der Waals surface area contributed by atoms with Crippen LogP contribution in [0.1, 0.15) is 12.0 Å². The molecular weight excluding hydrogens is 334 g/mol. The van der Waals surface area contributed by atoms with Crippen LogP contribution in [0.2, 0.25) is 5.02 Å². The van der Waals surface area contributed by atoms with Crippen LogP contribution in [0.3, 0.4) is 0 Å². The average molecular weight is 348 g/mol. The van der Waals surface area contributed by atoms with E-state index in [0.717, 1.165) is 16.7 Å². The Labute approximate surface area is 142 Å². The summed E-state index contributed by atoms with van der Waals surface area (Å²) in [6, 6.07) is 7.10. The zero-order valence-corrected chi connectivity index (χ0v) is 13.8. The largest absolute Gasteiger partial charge is 0.325 e. The van der Waals surface area contributed by atoms with Crippen molar-refractivity contribution in [3.8, 4) is 0 Å². The van der Waals surface area contributed by atoms with Gasteiger partial charge in [-0.25, -0.2) is 4.79 Å². The number of amides is 3. The number of nitrogens with zero attached hydrogens (tertiary/aromatic N) is 2. The highest BCUT2D eigenvalue weighted by molar-refractivity contribution is 7.99. The van der Waals surface area contributed by atoms with Gasteiger partial charge >= 0.3 is 6.03 Å². The van der Waals surface area contributed by atoms with Crippen molar-refractivity contribution in [3.63, 3.8) is 0 Å². The summed E-state index contributed by atoms with van der Waals surface area (Å²) < 4.78 is 0. The molecule has 7 heteroatoms. The van der Waals surface area contributed by atoms with Gasteiger partial charge in [-0.05, 0) is 24.3 Å². The lowest BCUT2D eigenvalue weighted by molar-refractivity contribution is -0.130. The maximum absolute atomic E-state index is 12.8. The fourth-order valence-electron chi connectivity index (χ4n) is 3.14. The normalized spacial score (nSPS) is 24.0. The topological polar surface area (TPSA) is 62.3 Å². The smallest absolute Gasteiger partial charge is 0.322 e. The lowest BCUT2D eigenvalue weighted by Crippen LogP contribution is -2.46. The van der Waals surface area contributed by atoms with E-state index in [1.807, 2.05) is 18.2 Å². The maximum Gasteiger partial charge on any atom is 0.325 e. The molecule has 2 aromatic rings. The molecule has 2 saturated heterocycles. The van der Waals surface area contributed by atoms with E-state index >= 15 is 0 Å². The van der Waals surface area contributed by atoms with Crippen LogP contribution in [0.5, 0.6) is 0 Å². The Balaban J connectivity index is 1.72. The van der Waals surface area contributed by atoms with Crippen molar-refractivity contribution in [2.75, 3.05) is 11.5 Å². The van der Waals surface area contributed by atoms with Crippen LogP contribution in [0, 0.1) is 0 Å². The van der Waals surface area contributed by atoms with E-state index in [0.29, 0.717) is 22.8 Å². The van der Waals surface area contributed by atoms with Crippen LogP contribution >= 0.6 is 23.4 Å². The number of benzene rings is 1. The van der Waals surface area contributed by atoms with Crippen molar-refractivity contribution in [1.82, 2.24) is 15.2 Å². The van der Waals surface area contributed by atoms with Crippen LogP contribution in [0.15, 0.2) is 30.5 Å². The summed E-state index contributed by atoms with van der Waals surface area (Å²) >= 11 is 8.00. The minimum Gasteiger partial charge on any atom is -0.322 e. The first kappa shape index (κ1) is 14.8. The third-order valence-corrected chi connectivity index (χ3v) is 5.95. The first-order chi connectivity index (χ1) is 11.1. The van der Waals surface area contributed by atoms with E-state index in [2.05, 4.69) is 10.3 Å². The van der Waals surface area contributed by atoms with E-state index < -0.39 is 5.54 Å². The Morgan fingerprint density at radius 3 is 3.00 bits per heavy atom. The molecule has 0 aliphatic carbocycles. The predicted molar refractivity (Wildman–Crippen MR) is 90.5 cm³/mol. The highest BCUT2D eigenvalue weighted by Crippen LogP contribution is 2.35. The van der Waals surface area contributed by atoms with Crippen LogP contribution < -0.4 is 5.32 Å². The zero-order valence-electron chi connectivity index (χ0n) is 12.2. The van der Waals surface area contributed by atoms with Crippen LogP contribution in [-0.2, 0) is 11.3 Å². The number of rotatable bonds is 2. The van der Waals surface area contributed by atoms with Gasteiger partial charge in [0.1, 0.15) is 5.54 Å². The number of fused-ring (bicyclic) bond motifs is 1. The third kappa shape index (κ3) is 2.28. The molecular formula is C16H14ClN3O2S. The van der Waals surface area contributed by atoms with Gasteiger partial charge in [0, 0.05) is 27.9 Å². The molecule has 5 nitrogen and oxygen atoms in total. The predicted octanol–water partition coefficient (Wildman–Crippen LogP) is 2.82. The minimum atomic E-state index is -0.730. The van der Waals surface area contributed by atoms with Gasteiger partial charge in [-0.2, -0.15) is 11.8 Å². The van der Waals surface area contributed by atoms with Gasteiger partial charge < -0.3 is 5.32 Å². The molecule has 118 valence electrons. The molecule has 1 spiro atoms. The third-order valence-electron chi connectivity index (χ3n) is 4.41. The van der Waals surface area contributed by atoms with Crippen molar-refractivity contribution in [2.24, 2.45) is 0 Å². The standard InChI is InChI=1S/C16H14ClN3O2S/c17-12-4-3-10-2-1-6-18-13(10)11(12)8-20-14(21)16(19-15(20)22)5-7-23-9-16/h1-4,6H,5,7-9H2,(H,19,22)/t16-/m0/s1. The second-order valence-electron chi connectivity index (χ2n) is 5.81. The lowest BCUT2D eigenvalue weighted by atomic mass is 9.99. The van der Waals surface area contributed by atoms with Gasteiger partial charge in [-0.15, -0.1) is 0 Å². The molecule has 0 unspecified atom stereocenters. The summed E-state index contributed by atoms with van der Waals surface area (Å²) in [6.45, 7) is 0.143. The Bertz CT molecular complexity index is 820. The summed E-state index contributed by atoms with van der Waals surface area (Å²) in [7, 11) is 0. The summed E-state index contributed by atoms with van der Waals surface area (Å²) in [6.07, 6.45) is 2.36. The van der Waals surface area contributed by atoms with Gasteiger partial charge in [-0.1, -0.05) is 23.7 Å². The number of halogens is 1. The molecule has 3 amide bonds. The average Bonchev–Trinajstić information content (AvgIpc) is 3.11. The molecule has 0 saturated carbocycles. The highest BCUT2D eigenvalue weighted by Gasteiger charge is 2.52. The number of pyridine rings is 1. The second-order valence-corrected chi connectivity index (χ2v) is 7.32. The number of nitrogens with one attached hydrogen (secondary N) is 1. The van der Waals surface area contributed by atoms with Gasteiger partial charge in [0.05, 0.1) is 12.1 Å². The molecule has 4 rings (SSSR count). The zero-order chi connectivity index (χ0) is 16.0. The van der Waals surface area contributed by atoms with E-state index in [-0.39, 0.29) is 18.5 Å². The quantitative estimate of drug-likeness (QED) is 0.848. The molecule has 0 radical (unpaired) electrons. The van der Waals surface area contributed by atoms with Crippen LogP contribution in [0.4, 0.5) is 4.79 Å². The van der Waals surface area contributed by atoms with E-state index in [9.17, 15) is 9.59 Å². The first-order valence-corrected chi connectivity index (χ1v) is 8.88. The van der Waals surface area contributed by atoms with Crippen molar-refractivity contribution in [3.05, 3.63) is 41.0 Å². The van der Waals surface area contributed by atoms with Gasteiger partial charge in [0.2, 0.25) is 0 Å². The van der Waals surface area contributed by atoms with E-state index in [1.165, 1.54) is 4.90 Å². The Kier molecular flexibility index (Phi) is 3.46.